The van der Waals surface area contributed by atoms with Crippen molar-refractivity contribution in [2.75, 3.05) is 26.3 Å². The smallest absolute Gasteiger partial charge is 0.222 e. The Hall–Kier alpha value is -1.70. The first-order valence-electron chi connectivity index (χ1n) is 8.82. The number of aromatic nitrogens is 2. The molecule has 2 aromatic rings. The summed E-state index contributed by atoms with van der Waals surface area (Å²) in [5.74, 6) is 0.209. The molecular formula is C18H23N3O3S. The third-order valence-electron chi connectivity index (χ3n) is 4.87. The van der Waals surface area contributed by atoms with Crippen LogP contribution >= 0.6 is 11.3 Å². The fourth-order valence-corrected chi connectivity index (χ4v) is 4.21. The van der Waals surface area contributed by atoms with Crippen LogP contribution in [0.2, 0.25) is 0 Å². The molecule has 2 saturated heterocycles. The van der Waals surface area contributed by atoms with Crippen LogP contribution in [0.5, 0.6) is 0 Å². The second-order valence-electron chi connectivity index (χ2n) is 6.62. The molecule has 4 rings (SSSR count). The number of aryl methyl sites for hydroxylation is 1. The molecule has 2 aromatic heterocycles. The van der Waals surface area contributed by atoms with Gasteiger partial charge in [0.1, 0.15) is 12.2 Å². The van der Waals surface area contributed by atoms with E-state index in [0.717, 1.165) is 12.8 Å². The summed E-state index contributed by atoms with van der Waals surface area (Å²) in [6.07, 6.45) is 6.11. The van der Waals surface area contributed by atoms with E-state index in [1.165, 1.54) is 4.88 Å². The number of hydrogen-bond acceptors (Lipinski definition) is 5. The maximum Gasteiger partial charge on any atom is 0.222 e. The first-order valence-corrected chi connectivity index (χ1v) is 9.70. The lowest BCUT2D eigenvalue weighted by atomic mass is 10.2. The Morgan fingerprint density at radius 1 is 1.24 bits per heavy atom. The summed E-state index contributed by atoms with van der Waals surface area (Å²) < 4.78 is 13.9. The maximum atomic E-state index is 12.5. The Bertz CT molecular complexity index is 658. The van der Waals surface area contributed by atoms with E-state index in [2.05, 4.69) is 22.6 Å². The largest absolute Gasteiger partial charge is 0.371 e. The number of thiophene rings is 1. The number of carbonyl (C=O) groups excluding carboxylic acids is 1. The summed E-state index contributed by atoms with van der Waals surface area (Å²) in [5.41, 5.74) is 0. The molecule has 0 spiro atoms. The molecule has 4 heterocycles. The van der Waals surface area contributed by atoms with Gasteiger partial charge in [-0.15, -0.1) is 11.3 Å². The normalized spacial score (nSPS) is 24.2. The molecule has 0 bridgehead atoms. The lowest BCUT2D eigenvalue weighted by Gasteiger charge is -2.19. The van der Waals surface area contributed by atoms with Gasteiger partial charge in [0.2, 0.25) is 5.91 Å². The fourth-order valence-electron chi connectivity index (χ4n) is 3.46. The topological polar surface area (TPSA) is 56.6 Å². The molecule has 2 atom stereocenters. The Labute approximate surface area is 151 Å². The summed E-state index contributed by atoms with van der Waals surface area (Å²) in [7, 11) is 0. The monoisotopic (exact) mass is 361 g/mol. The predicted molar refractivity (Wildman–Crippen MR) is 94.6 cm³/mol. The quantitative estimate of drug-likeness (QED) is 0.819. The van der Waals surface area contributed by atoms with E-state index in [1.54, 1.807) is 17.5 Å². The number of ether oxygens (including phenoxy) is 2. The second kappa shape index (κ2) is 7.68. The highest BCUT2D eigenvalue weighted by Gasteiger charge is 2.39. The van der Waals surface area contributed by atoms with Crippen molar-refractivity contribution in [2.45, 2.75) is 37.5 Å². The number of carbonyl (C=O) groups is 1. The number of rotatable bonds is 5. The molecule has 0 N–H and O–H groups in total. The van der Waals surface area contributed by atoms with Gasteiger partial charge in [0.05, 0.1) is 19.3 Å². The second-order valence-corrected chi connectivity index (χ2v) is 7.65. The SMILES string of the molecule is O=C(CCCc1cccs1)N1C[C@@H]2OCC(n3cccn3)CO[C@H]2C1. The molecule has 2 aliphatic rings. The lowest BCUT2D eigenvalue weighted by molar-refractivity contribution is -0.131. The molecule has 0 radical (unpaired) electrons. The van der Waals surface area contributed by atoms with Crippen LogP contribution in [-0.2, 0) is 20.7 Å². The van der Waals surface area contributed by atoms with Gasteiger partial charge in [-0.05, 0) is 30.4 Å². The molecule has 0 aliphatic carbocycles. The van der Waals surface area contributed by atoms with Crippen LogP contribution in [0.1, 0.15) is 23.8 Å². The molecule has 25 heavy (non-hydrogen) atoms. The van der Waals surface area contributed by atoms with Crippen molar-refractivity contribution in [3.8, 4) is 0 Å². The van der Waals surface area contributed by atoms with Gasteiger partial charge in [-0.1, -0.05) is 6.07 Å². The molecule has 6 nitrogen and oxygen atoms in total. The van der Waals surface area contributed by atoms with Crippen LogP contribution in [0, 0.1) is 0 Å². The van der Waals surface area contributed by atoms with Gasteiger partial charge in [0.15, 0.2) is 0 Å². The van der Waals surface area contributed by atoms with Gasteiger partial charge in [0, 0.05) is 36.8 Å². The summed E-state index contributed by atoms with van der Waals surface area (Å²) in [6.45, 7) is 2.41. The highest BCUT2D eigenvalue weighted by molar-refractivity contribution is 7.09. The van der Waals surface area contributed by atoms with Crippen LogP contribution in [-0.4, -0.2) is 59.1 Å². The Kier molecular flexibility index (Phi) is 5.14. The fraction of sp³-hybridized carbons (Fsp3) is 0.556. The van der Waals surface area contributed by atoms with E-state index < -0.39 is 0 Å². The Morgan fingerprint density at radius 3 is 2.68 bits per heavy atom. The van der Waals surface area contributed by atoms with Crippen LogP contribution in [0.4, 0.5) is 0 Å². The van der Waals surface area contributed by atoms with Crippen LogP contribution in [0.3, 0.4) is 0 Å². The first kappa shape index (κ1) is 16.8. The summed E-state index contributed by atoms with van der Waals surface area (Å²) in [5, 5.41) is 6.35. The van der Waals surface area contributed by atoms with E-state index >= 15 is 0 Å². The van der Waals surface area contributed by atoms with E-state index in [4.69, 9.17) is 9.47 Å². The van der Waals surface area contributed by atoms with Gasteiger partial charge in [-0.2, -0.15) is 5.10 Å². The number of hydrogen-bond donors (Lipinski definition) is 0. The minimum Gasteiger partial charge on any atom is -0.371 e. The molecular weight excluding hydrogens is 338 g/mol. The molecule has 2 aliphatic heterocycles. The number of nitrogens with zero attached hydrogens (tertiary/aromatic N) is 3. The molecule has 134 valence electrons. The van der Waals surface area contributed by atoms with E-state index in [1.807, 2.05) is 21.8 Å². The minimum absolute atomic E-state index is 0.0261. The van der Waals surface area contributed by atoms with Gasteiger partial charge in [-0.3, -0.25) is 9.48 Å². The molecule has 2 fully saturated rings. The highest BCUT2D eigenvalue weighted by atomic mass is 32.1. The summed E-state index contributed by atoms with van der Waals surface area (Å²) in [6, 6.07) is 6.19. The van der Waals surface area contributed by atoms with Gasteiger partial charge >= 0.3 is 0 Å². The van der Waals surface area contributed by atoms with Crippen molar-refractivity contribution in [2.24, 2.45) is 0 Å². The van der Waals surface area contributed by atoms with Crippen molar-refractivity contribution in [1.82, 2.24) is 14.7 Å². The molecule has 0 aromatic carbocycles. The van der Waals surface area contributed by atoms with Crippen LogP contribution in [0.15, 0.2) is 36.0 Å². The van der Waals surface area contributed by atoms with E-state index in [-0.39, 0.29) is 24.2 Å². The van der Waals surface area contributed by atoms with Crippen molar-refractivity contribution in [1.29, 1.82) is 0 Å². The minimum atomic E-state index is -0.0261. The third kappa shape index (κ3) is 3.94. The van der Waals surface area contributed by atoms with Crippen molar-refractivity contribution in [3.63, 3.8) is 0 Å². The Balaban J connectivity index is 1.25. The third-order valence-corrected chi connectivity index (χ3v) is 5.80. The van der Waals surface area contributed by atoms with Crippen molar-refractivity contribution >= 4 is 17.2 Å². The zero-order chi connectivity index (χ0) is 17.1. The van der Waals surface area contributed by atoms with Crippen LogP contribution in [0.25, 0.3) is 0 Å². The molecule has 0 unspecified atom stereocenters. The van der Waals surface area contributed by atoms with E-state index in [9.17, 15) is 4.79 Å². The average molecular weight is 361 g/mol. The summed E-state index contributed by atoms with van der Waals surface area (Å²) in [4.78, 5) is 15.7. The van der Waals surface area contributed by atoms with Crippen LogP contribution < -0.4 is 0 Å². The molecule has 1 amide bonds. The van der Waals surface area contributed by atoms with Gasteiger partial charge in [0.25, 0.3) is 0 Å². The molecule has 7 heteroatoms. The molecule has 0 saturated carbocycles. The Morgan fingerprint density at radius 2 is 2.04 bits per heavy atom. The maximum absolute atomic E-state index is 12.5. The first-order chi connectivity index (χ1) is 12.3. The van der Waals surface area contributed by atoms with Gasteiger partial charge in [-0.25, -0.2) is 0 Å². The van der Waals surface area contributed by atoms with Crippen molar-refractivity contribution in [3.05, 3.63) is 40.8 Å². The highest BCUT2D eigenvalue weighted by Crippen LogP contribution is 2.24. The summed E-state index contributed by atoms with van der Waals surface area (Å²) >= 11 is 1.75. The number of likely N-dealkylation sites (tertiary alicyclic amines) is 1. The van der Waals surface area contributed by atoms with Gasteiger partial charge < -0.3 is 14.4 Å². The van der Waals surface area contributed by atoms with E-state index in [0.29, 0.717) is 32.7 Å². The average Bonchev–Trinajstić information content (AvgIpc) is 3.36. The number of amides is 1. The number of fused-ring (bicyclic) bond motifs is 1. The zero-order valence-corrected chi connectivity index (χ0v) is 14.9. The zero-order valence-electron chi connectivity index (χ0n) is 14.1. The lowest BCUT2D eigenvalue weighted by Crippen LogP contribution is -2.31. The van der Waals surface area contributed by atoms with Crippen molar-refractivity contribution < 1.29 is 14.3 Å². The standard InChI is InChI=1S/C18H23N3O3S/c22-18(6-1-4-15-5-2-9-25-15)20-10-16-17(11-20)24-13-14(12-23-16)21-8-3-7-19-21/h2-3,5,7-9,14,16-17H,1,4,6,10-13H2/t16-,17-/m0/s1. The predicted octanol–water partition coefficient (Wildman–Crippen LogP) is 2.13.